The third-order valence-corrected chi connectivity index (χ3v) is 23.8. The van der Waals surface area contributed by atoms with Crippen molar-refractivity contribution >= 4 is 73.3 Å². The number of pyridine rings is 1. The Balaban J connectivity index is 0.000000176. The normalized spacial score (nSPS) is 11.9. The number of fused-ring (bicyclic) bond motifs is 6. The molecule has 0 fully saturated rings. The summed E-state index contributed by atoms with van der Waals surface area (Å²) in [6, 6.07) is 69.7. The van der Waals surface area contributed by atoms with Crippen LogP contribution >= 0.6 is 11.3 Å². The molecule has 0 saturated heterocycles. The second-order valence-electron chi connectivity index (χ2n) is 26.5. The molecule has 0 spiro atoms. The van der Waals surface area contributed by atoms with Gasteiger partial charge in [-0.05, 0) is 76.9 Å². The minimum absolute atomic E-state index is 0. The molecule has 1 aliphatic carbocycles. The summed E-state index contributed by atoms with van der Waals surface area (Å²) >= 11 is 1.82. The first-order valence-electron chi connectivity index (χ1n) is 33.6. The first-order chi connectivity index (χ1) is 48.3. The number of allylic oxidation sites excluding steroid dienone is 2. The number of hydrogen-bond acceptors (Lipinski definition) is 1. The molecule has 106 heavy (non-hydrogen) atoms. The molecule has 2 aliphatic rings. The first kappa shape index (κ1) is 85.9. The zero-order valence-electron chi connectivity index (χ0n) is 61.6. The van der Waals surface area contributed by atoms with Crippen LogP contribution in [-0.4, -0.2) is 67.3 Å². The van der Waals surface area contributed by atoms with Crippen molar-refractivity contribution in [2.75, 3.05) is 0 Å². The van der Waals surface area contributed by atoms with E-state index in [0.29, 0.717) is 0 Å². The van der Waals surface area contributed by atoms with E-state index >= 15 is 0 Å². The molecule has 13 nitrogen and oxygen atoms in total. The Bertz CT molecular complexity index is 5710. The molecule has 1 aliphatic heterocycles. The number of aromatic nitrogens is 13. The number of aryl methyl sites for hydroxylation is 9. The van der Waals surface area contributed by atoms with Gasteiger partial charge in [0.15, 0.2) is 24.5 Å². The summed E-state index contributed by atoms with van der Waals surface area (Å²) in [5, 5.41) is 7.82. The molecule has 0 unspecified atom stereocenters. The average Bonchev–Trinajstić information content (AvgIpc) is 1.58. The van der Waals surface area contributed by atoms with Gasteiger partial charge in [-0.1, -0.05) is 55.4 Å². The van der Waals surface area contributed by atoms with Crippen LogP contribution in [0, 0.1) is 57.2 Å². The second-order valence-corrected chi connectivity index (χ2v) is 32.3. The summed E-state index contributed by atoms with van der Waals surface area (Å²) in [5.41, 5.74) is 18.8. The van der Waals surface area contributed by atoms with Crippen LogP contribution in [-0.2, 0) is 176 Å². The van der Waals surface area contributed by atoms with Gasteiger partial charge in [0.2, 0.25) is 0 Å². The maximum atomic E-state index is 3.44. The van der Waals surface area contributed by atoms with Crippen LogP contribution in [0.2, 0.25) is 13.1 Å². The number of nitrogens with zero attached hydrogens (tertiary/aromatic N) is 13. The molecule has 0 bridgehead atoms. The minimum atomic E-state index is -1.48. The molecule has 7 aromatic carbocycles. The van der Waals surface area contributed by atoms with E-state index in [1.165, 1.54) is 120 Å². The molecule has 9 aromatic heterocycles. The summed E-state index contributed by atoms with van der Waals surface area (Å²) < 4.78 is 28.9. The molecule has 18 rings (SSSR count). The van der Waals surface area contributed by atoms with Crippen molar-refractivity contribution in [1.29, 1.82) is 0 Å². The molecule has 6 radical (unpaired) electrons. The molecule has 21 heteroatoms. The van der Waals surface area contributed by atoms with Gasteiger partial charge in [-0.2, -0.15) is 24.9 Å². The quantitative estimate of drug-likeness (QED) is 0.118. The SMILES string of the molecule is CC1=C(n2ccn(C)[cH+]2)c2[c-]cccc2C1.CC1=C(n2ccn(C)[cH+]2)c2[c-]cccc2[Si]1(C)C.Cc1c(-n2ccn(C)[cH+]2)c2[c-]cccc2n1C.Cc1ccc2ccc[c-]c2c1-n1ccn(C)[cH+]1.Cc1sc2ccc[c-]c2c1-n1ccn(C)[cH+]1.Cn1cc2cccc(-c3[c-]cccc3)n2[cH+]1.[Ir].[Ir].[Ir].[Ir].[Ir].[Ir]. The van der Waals surface area contributed by atoms with E-state index in [9.17, 15) is 0 Å². The van der Waals surface area contributed by atoms with Gasteiger partial charge in [0.05, 0.1) is 13.0 Å². The van der Waals surface area contributed by atoms with Crippen LogP contribution in [0.5, 0.6) is 0 Å². The first-order valence-corrected chi connectivity index (χ1v) is 37.4. The fourth-order valence-electron chi connectivity index (χ4n) is 13.6. The fourth-order valence-corrected chi connectivity index (χ4v) is 17.2. The zero-order valence-corrected chi connectivity index (χ0v) is 77.8. The number of hydrogen-bond donors (Lipinski definition) is 0. The van der Waals surface area contributed by atoms with Gasteiger partial charge in [0, 0.05) is 193 Å². The predicted octanol–water partition coefficient (Wildman–Crippen LogP) is 17.9. The van der Waals surface area contributed by atoms with Crippen LogP contribution in [0.4, 0.5) is 0 Å². The number of benzene rings is 7. The van der Waals surface area contributed by atoms with Crippen molar-refractivity contribution in [3.63, 3.8) is 0 Å². The van der Waals surface area contributed by atoms with Gasteiger partial charge in [0.25, 0.3) is 0 Å². The van der Waals surface area contributed by atoms with E-state index < -0.39 is 8.07 Å². The summed E-state index contributed by atoms with van der Waals surface area (Å²) in [5.74, 6) is 0. The molecule has 10 heterocycles. The second kappa shape index (κ2) is 37.6. The third kappa shape index (κ3) is 18.3. The molecule has 0 amide bonds. The fraction of sp³-hybridized carbons (Fsp3) is 0.176. The van der Waals surface area contributed by atoms with Gasteiger partial charge in [-0.25, -0.2) is 0 Å². The molecule has 0 saturated carbocycles. The van der Waals surface area contributed by atoms with Gasteiger partial charge in [-0.3, -0.25) is 41.1 Å². The molecular formula is C85H85Ir6N13SSi. The molecule has 554 valence electrons. The monoisotopic (exact) mass is 2510 g/mol. The van der Waals surface area contributed by atoms with E-state index in [-0.39, 0.29) is 121 Å². The summed E-state index contributed by atoms with van der Waals surface area (Å²) in [4.78, 5) is 1.33. The van der Waals surface area contributed by atoms with Crippen molar-refractivity contribution in [3.8, 4) is 28.3 Å². The summed E-state index contributed by atoms with van der Waals surface area (Å²) in [6.45, 7) is 15.8. The number of thiophene rings is 1. The number of imidazole rings is 6. The Morgan fingerprint density at radius 3 is 1.54 bits per heavy atom. The van der Waals surface area contributed by atoms with Crippen molar-refractivity contribution in [3.05, 3.63) is 332 Å². The largest absolute Gasteiger partial charge is 0.394 e. The molecular weight excluding hydrogens is 2420 g/mol. The van der Waals surface area contributed by atoms with E-state index in [1.807, 2.05) is 146 Å². The average molecular weight is 2500 g/mol. The molecule has 16 aromatic rings. The Morgan fingerprint density at radius 2 is 0.934 bits per heavy atom. The van der Waals surface area contributed by atoms with Gasteiger partial charge in [0.1, 0.15) is 104 Å². The third-order valence-electron chi connectivity index (χ3n) is 18.9. The topological polar surface area (TPSA) is 63.6 Å². The van der Waals surface area contributed by atoms with E-state index in [2.05, 4.69) is 310 Å². The van der Waals surface area contributed by atoms with Gasteiger partial charge < -0.3 is 4.57 Å². The predicted molar refractivity (Wildman–Crippen MR) is 416 cm³/mol. The smallest absolute Gasteiger partial charge is 0.183 e. The van der Waals surface area contributed by atoms with E-state index in [1.54, 1.807) is 0 Å². The van der Waals surface area contributed by atoms with Crippen LogP contribution < -0.4 is 5.19 Å². The Kier molecular flexibility index (Phi) is 30.5. The maximum absolute atomic E-state index is 3.44. The van der Waals surface area contributed by atoms with Gasteiger partial charge in [-0.15, -0.1) is 179 Å². The zero-order chi connectivity index (χ0) is 69.9. The van der Waals surface area contributed by atoms with Crippen LogP contribution in [0.3, 0.4) is 0 Å². The van der Waals surface area contributed by atoms with Gasteiger partial charge >= 0.3 is 0 Å². The summed E-state index contributed by atoms with van der Waals surface area (Å²) in [6.07, 6.45) is 36.4. The molecule has 0 N–H and O–H groups in total. The van der Waals surface area contributed by atoms with Crippen LogP contribution in [0.1, 0.15) is 46.7 Å². The Hall–Kier alpha value is -7.37. The maximum Gasteiger partial charge on any atom is 0.183 e. The van der Waals surface area contributed by atoms with Crippen molar-refractivity contribution in [2.24, 2.45) is 49.3 Å². The van der Waals surface area contributed by atoms with E-state index in [0.717, 1.165) is 12.0 Å². The molecule has 0 atom stereocenters. The Labute approximate surface area is 709 Å². The van der Waals surface area contributed by atoms with Crippen molar-refractivity contribution in [2.45, 2.75) is 54.1 Å². The standard InChI is InChI=1S/C15H18N2Si.C15H14N2.C14H15N3.C14H14N2.C14H12N2.C13H12N2S.6Ir/c1-12-15(17-10-9-16(2)11-17)13-7-5-6-8-14(13)18(12,3)4;1-12-7-8-13-5-3-4-6-14(13)15(12)17-10-9-16(2)11-17;1-11-14(17-9-8-15(2)10-17)12-6-4-5-7-13(12)16(11)3;1-11-9-12-5-3-4-6-13(12)14(11)16-8-7-15(2)10-16;1-15-10-13-8-5-9-14(16(13)11-15)12-6-3-2-4-7-12;1-10-13(15-8-7-14(2)9-15)11-5-3-4-6-12(11)16-10;;;;;;/h5-6,8-11H,1-4H3;3-5,7-11H,1-2H3;4-5,7-10H,1-3H3;3-5,7-8,10H,9H2,1-2H3;2-6,8-11H,1H3;3-4,6-9H,1-2H3;;;;;;. The summed E-state index contributed by atoms with van der Waals surface area (Å²) in [7, 11) is 12.8. The Morgan fingerprint density at radius 1 is 0.415 bits per heavy atom. The number of rotatable bonds is 6. The van der Waals surface area contributed by atoms with Crippen molar-refractivity contribution < 1.29 is 121 Å². The minimum Gasteiger partial charge on any atom is -0.394 e. The van der Waals surface area contributed by atoms with Crippen molar-refractivity contribution in [1.82, 2.24) is 59.2 Å². The van der Waals surface area contributed by atoms with Crippen LogP contribution in [0.25, 0.3) is 77.0 Å². The van der Waals surface area contributed by atoms with E-state index in [4.69, 9.17) is 0 Å². The van der Waals surface area contributed by atoms with Crippen LogP contribution in [0.15, 0.2) is 262 Å².